The number of hydrogen-bond acceptors (Lipinski definition) is 7. The van der Waals surface area contributed by atoms with E-state index in [1.54, 1.807) is 41.4 Å². The van der Waals surface area contributed by atoms with Gasteiger partial charge in [0.05, 0.1) is 37.1 Å². The second kappa shape index (κ2) is 14.3. The molecule has 1 atom stereocenters. The molecule has 5 amide bonds. The van der Waals surface area contributed by atoms with Crippen molar-refractivity contribution in [3.05, 3.63) is 53.9 Å². The number of pyridine rings is 1. The van der Waals surface area contributed by atoms with E-state index in [0.717, 1.165) is 12.1 Å². The van der Waals surface area contributed by atoms with Crippen LogP contribution in [0.1, 0.15) is 41.7 Å². The highest BCUT2D eigenvalue weighted by molar-refractivity contribution is 6.00. The molecule has 2 aliphatic heterocycles. The number of nitrogens with one attached hydrogen (secondary N) is 3. The number of hydrogen-bond donors (Lipinski definition) is 4. The lowest BCUT2D eigenvalue weighted by molar-refractivity contribution is -0.137. The average molecular weight is 568 g/mol. The SMILES string of the molecule is CCCNC(=O)Nc1cc(C(=O)NC(CC(=O)O)c2cccnc2)ccc1N1CCN(C(=O)N2CCOCC2)CC1. The Morgan fingerprint density at radius 2 is 1.76 bits per heavy atom. The molecule has 41 heavy (non-hydrogen) atoms. The van der Waals surface area contributed by atoms with Crippen molar-refractivity contribution in [2.24, 2.45) is 0 Å². The molecule has 13 nitrogen and oxygen atoms in total. The van der Waals surface area contributed by atoms with Crippen molar-refractivity contribution < 1.29 is 29.0 Å². The molecule has 3 heterocycles. The number of carboxylic acid groups (broad SMARTS) is 1. The Labute approximate surface area is 238 Å². The Balaban J connectivity index is 1.50. The van der Waals surface area contributed by atoms with Gasteiger partial charge in [0.25, 0.3) is 5.91 Å². The first-order valence-electron chi connectivity index (χ1n) is 13.8. The fraction of sp³-hybridized carbons (Fsp3) is 0.464. The summed E-state index contributed by atoms with van der Waals surface area (Å²) in [5.74, 6) is -1.54. The average Bonchev–Trinajstić information content (AvgIpc) is 3.00. The summed E-state index contributed by atoms with van der Waals surface area (Å²) >= 11 is 0. The molecule has 0 bridgehead atoms. The van der Waals surface area contributed by atoms with Crippen LogP contribution in [0, 0.1) is 0 Å². The third kappa shape index (κ3) is 8.07. The number of aliphatic carboxylic acids is 1. The van der Waals surface area contributed by atoms with E-state index in [0.29, 0.717) is 70.3 Å². The Bertz CT molecular complexity index is 1210. The number of carbonyl (C=O) groups excluding carboxylic acids is 3. The molecule has 2 aliphatic rings. The molecule has 13 heteroatoms. The molecule has 0 saturated carbocycles. The van der Waals surface area contributed by atoms with Crippen molar-refractivity contribution >= 4 is 35.3 Å². The number of aromatic nitrogens is 1. The van der Waals surface area contributed by atoms with Crippen molar-refractivity contribution in [3.63, 3.8) is 0 Å². The maximum Gasteiger partial charge on any atom is 0.320 e. The minimum absolute atomic E-state index is 0.00166. The van der Waals surface area contributed by atoms with E-state index < -0.39 is 23.9 Å². The minimum Gasteiger partial charge on any atom is -0.481 e. The highest BCUT2D eigenvalue weighted by Crippen LogP contribution is 2.29. The zero-order valence-corrected chi connectivity index (χ0v) is 23.2. The standard InChI is InChI=1S/C28H37N7O6/c1-2-7-30-27(39)32-23-17-20(26(38)31-22(18-25(36)37)21-4-3-8-29-19-21)5-6-24(23)33-9-11-34(12-10-33)28(40)35-13-15-41-16-14-35/h3-6,8,17,19,22H,2,7,9-16,18H2,1H3,(H,31,38)(H,36,37)(H2,30,32,39). The van der Waals surface area contributed by atoms with Gasteiger partial charge in [0, 0.05) is 63.8 Å². The predicted molar refractivity (Wildman–Crippen MR) is 152 cm³/mol. The quantitative estimate of drug-likeness (QED) is 0.359. The van der Waals surface area contributed by atoms with Crippen LogP contribution in [0.5, 0.6) is 0 Å². The van der Waals surface area contributed by atoms with Crippen LogP contribution in [0.2, 0.25) is 0 Å². The van der Waals surface area contributed by atoms with E-state index in [4.69, 9.17) is 4.74 Å². The Kier molecular flexibility index (Phi) is 10.3. The number of nitrogens with zero attached hydrogens (tertiary/aromatic N) is 4. The van der Waals surface area contributed by atoms with Crippen LogP contribution in [0.4, 0.5) is 21.0 Å². The maximum absolute atomic E-state index is 13.3. The predicted octanol–water partition coefficient (Wildman–Crippen LogP) is 2.13. The molecule has 4 N–H and O–H groups in total. The van der Waals surface area contributed by atoms with Crippen molar-refractivity contribution in [2.75, 3.05) is 69.2 Å². The fourth-order valence-electron chi connectivity index (χ4n) is 4.80. The lowest BCUT2D eigenvalue weighted by atomic mass is 10.0. The monoisotopic (exact) mass is 567 g/mol. The zero-order chi connectivity index (χ0) is 29.2. The first-order chi connectivity index (χ1) is 19.9. The van der Waals surface area contributed by atoms with Crippen LogP contribution >= 0.6 is 0 Å². The number of carboxylic acids is 1. The van der Waals surface area contributed by atoms with E-state index >= 15 is 0 Å². The van der Waals surface area contributed by atoms with Gasteiger partial charge in [-0.15, -0.1) is 0 Å². The van der Waals surface area contributed by atoms with Crippen LogP contribution < -0.4 is 20.9 Å². The normalized spacial score (nSPS) is 16.1. The maximum atomic E-state index is 13.3. The summed E-state index contributed by atoms with van der Waals surface area (Å²) in [6.45, 7) is 6.82. The summed E-state index contributed by atoms with van der Waals surface area (Å²) in [5, 5.41) is 17.8. The number of carbonyl (C=O) groups is 4. The van der Waals surface area contributed by atoms with Gasteiger partial charge in [0.1, 0.15) is 0 Å². The summed E-state index contributed by atoms with van der Waals surface area (Å²) in [6.07, 6.45) is 3.54. The number of benzene rings is 1. The molecule has 2 aromatic rings. The molecule has 1 aromatic heterocycles. The Morgan fingerprint density at radius 1 is 1.02 bits per heavy atom. The molecular formula is C28H37N7O6. The van der Waals surface area contributed by atoms with Gasteiger partial charge in [-0.2, -0.15) is 0 Å². The lowest BCUT2D eigenvalue weighted by Gasteiger charge is -2.39. The van der Waals surface area contributed by atoms with Gasteiger partial charge in [0.2, 0.25) is 0 Å². The molecule has 0 radical (unpaired) electrons. The Hall–Kier alpha value is -4.39. The van der Waals surface area contributed by atoms with E-state index in [1.807, 2.05) is 11.8 Å². The molecule has 0 aliphatic carbocycles. The van der Waals surface area contributed by atoms with Crippen LogP contribution in [0.3, 0.4) is 0 Å². The number of ether oxygens (including phenoxy) is 1. The number of rotatable bonds is 9. The third-order valence-electron chi connectivity index (χ3n) is 6.99. The van der Waals surface area contributed by atoms with E-state index in [1.165, 1.54) is 6.20 Å². The number of morpholine rings is 1. The Morgan fingerprint density at radius 3 is 2.41 bits per heavy atom. The van der Waals surface area contributed by atoms with Gasteiger partial charge in [-0.25, -0.2) is 9.59 Å². The third-order valence-corrected chi connectivity index (χ3v) is 6.99. The summed E-state index contributed by atoms with van der Waals surface area (Å²) < 4.78 is 5.35. The highest BCUT2D eigenvalue weighted by atomic mass is 16.5. The summed E-state index contributed by atoms with van der Waals surface area (Å²) in [5.41, 5.74) is 2.00. The summed E-state index contributed by atoms with van der Waals surface area (Å²) in [7, 11) is 0. The highest BCUT2D eigenvalue weighted by Gasteiger charge is 2.28. The first kappa shape index (κ1) is 29.6. The van der Waals surface area contributed by atoms with Crippen molar-refractivity contribution in [2.45, 2.75) is 25.8 Å². The van der Waals surface area contributed by atoms with Crippen molar-refractivity contribution in [1.82, 2.24) is 25.4 Å². The van der Waals surface area contributed by atoms with Gasteiger partial charge < -0.3 is 40.5 Å². The minimum atomic E-state index is -1.06. The second-order valence-corrected chi connectivity index (χ2v) is 9.88. The molecule has 0 spiro atoms. The zero-order valence-electron chi connectivity index (χ0n) is 23.2. The number of amides is 5. The van der Waals surface area contributed by atoms with Crippen molar-refractivity contribution in [1.29, 1.82) is 0 Å². The smallest absolute Gasteiger partial charge is 0.320 e. The molecule has 1 unspecified atom stereocenters. The molecular weight excluding hydrogens is 530 g/mol. The summed E-state index contributed by atoms with van der Waals surface area (Å²) in [6, 6.07) is 7.20. The van der Waals surface area contributed by atoms with Crippen LogP contribution in [0.25, 0.3) is 0 Å². The lowest BCUT2D eigenvalue weighted by Crippen LogP contribution is -2.55. The van der Waals surface area contributed by atoms with Crippen LogP contribution in [-0.2, 0) is 9.53 Å². The fourth-order valence-corrected chi connectivity index (χ4v) is 4.80. The molecule has 1 aromatic carbocycles. The first-order valence-corrected chi connectivity index (χ1v) is 13.8. The largest absolute Gasteiger partial charge is 0.481 e. The van der Waals surface area contributed by atoms with Gasteiger partial charge in [-0.1, -0.05) is 13.0 Å². The van der Waals surface area contributed by atoms with Crippen LogP contribution in [0.15, 0.2) is 42.7 Å². The second-order valence-electron chi connectivity index (χ2n) is 9.88. The van der Waals surface area contributed by atoms with Gasteiger partial charge >= 0.3 is 18.0 Å². The van der Waals surface area contributed by atoms with Crippen molar-refractivity contribution in [3.8, 4) is 0 Å². The summed E-state index contributed by atoms with van der Waals surface area (Å²) in [4.78, 5) is 60.0. The number of piperazine rings is 1. The van der Waals surface area contributed by atoms with Gasteiger partial charge in [-0.3, -0.25) is 14.6 Å². The molecule has 220 valence electrons. The number of anilines is 2. The molecule has 4 rings (SSSR count). The molecule has 2 saturated heterocycles. The number of urea groups is 2. The van der Waals surface area contributed by atoms with Crippen LogP contribution in [-0.4, -0.2) is 103 Å². The molecule has 2 fully saturated rings. The van der Waals surface area contributed by atoms with E-state index in [-0.39, 0.29) is 18.0 Å². The van der Waals surface area contributed by atoms with E-state index in [2.05, 4.69) is 25.8 Å². The topological polar surface area (TPSA) is 156 Å². The van der Waals surface area contributed by atoms with Gasteiger partial charge in [0.15, 0.2) is 0 Å². The van der Waals surface area contributed by atoms with E-state index in [9.17, 15) is 24.3 Å². The van der Waals surface area contributed by atoms with Gasteiger partial charge in [-0.05, 0) is 36.2 Å².